The predicted molar refractivity (Wildman–Crippen MR) is 60.1 cm³/mol. The van der Waals surface area contributed by atoms with Gasteiger partial charge in [-0.3, -0.25) is 5.32 Å². The number of hydrogen-bond acceptors (Lipinski definition) is 4. The van der Waals surface area contributed by atoms with Gasteiger partial charge >= 0.3 is 6.09 Å². The average molecular weight is 264 g/mol. The first-order chi connectivity index (χ1) is 7.43. The van der Waals surface area contributed by atoms with Crippen LogP contribution >= 0.6 is 10.7 Å². The third-order valence-corrected chi connectivity index (χ3v) is 2.99. The van der Waals surface area contributed by atoms with E-state index < -0.39 is 15.1 Å². The fourth-order valence-electron chi connectivity index (χ4n) is 1.01. The largest absolute Gasteiger partial charge is 0.450 e. The van der Waals surface area contributed by atoms with Gasteiger partial charge in [0, 0.05) is 16.4 Å². The van der Waals surface area contributed by atoms with Crippen molar-refractivity contribution >= 4 is 31.5 Å². The van der Waals surface area contributed by atoms with E-state index in [2.05, 4.69) is 10.1 Å². The van der Waals surface area contributed by atoms with Crippen LogP contribution < -0.4 is 5.32 Å². The summed E-state index contributed by atoms with van der Waals surface area (Å²) in [5.74, 6) is 0. The van der Waals surface area contributed by atoms with E-state index in [1.165, 1.54) is 24.3 Å². The number of nitrogens with one attached hydrogen (secondary N) is 1. The molecule has 1 aromatic rings. The number of hydrogen-bond donors (Lipinski definition) is 1. The Balaban J connectivity index is 2.88. The van der Waals surface area contributed by atoms with Crippen LogP contribution in [0.25, 0.3) is 0 Å². The zero-order chi connectivity index (χ0) is 12.2. The van der Waals surface area contributed by atoms with Crippen LogP contribution in [-0.4, -0.2) is 21.1 Å². The van der Waals surface area contributed by atoms with E-state index in [1.54, 1.807) is 6.92 Å². The molecule has 0 radical (unpaired) electrons. The second-order valence-electron chi connectivity index (χ2n) is 2.81. The van der Waals surface area contributed by atoms with Crippen molar-refractivity contribution in [1.82, 2.24) is 0 Å². The van der Waals surface area contributed by atoms with Gasteiger partial charge in [0.1, 0.15) is 0 Å². The van der Waals surface area contributed by atoms with Crippen molar-refractivity contribution in [3.63, 3.8) is 0 Å². The van der Waals surface area contributed by atoms with Crippen LogP contribution in [0.3, 0.4) is 0 Å². The minimum atomic E-state index is -3.79. The van der Waals surface area contributed by atoms with Crippen molar-refractivity contribution in [1.29, 1.82) is 0 Å². The van der Waals surface area contributed by atoms with E-state index in [1.807, 2.05) is 0 Å². The lowest BCUT2D eigenvalue weighted by Gasteiger charge is -2.05. The van der Waals surface area contributed by atoms with Gasteiger partial charge < -0.3 is 4.74 Å². The van der Waals surface area contributed by atoms with Gasteiger partial charge in [-0.2, -0.15) is 0 Å². The zero-order valence-electron chi connectivity index (χ0n) is 8.44. The average Bonchev–Trinajstić information content (AvgIpc) is 2.17. The molecule has 0 aromatic heterocycles. The standard InChI is InChI=1S/C9H10ClNO4S/c1-2-15-9(12)11-7-4-3-5-8(6-7)16(10,13)14/h3-6H,2H2,1H3,(H,11,12). The number of carbonyl (C=O) groups is 1. The monoisotopic (exact) mass is 263 g/mol. The highest BCUT2D eigenvalue weighted by Crippen LogP contribution is 2.18. The van der Waals surface area contributed by atoms with Crippen molar-refractivity contribution in [2.24, 2.45) is 0 Å². The highest BCUT2D eigenvalue weighted by atomic mass is 35.7. The highest BCUT2D eigenvalue weighted by molar-refractivity contribution is 8.13. The van der Waals surface area contributed by atoms with Crippen LogP contribution in [0.5, 0.6) is 0 Å². The van der Waals surface area contributed by atoms with Crippen LogP contribution in [0.4, 0.5) is 10.5 Å². The molecular weight excluding hydrogens is 254 g/mol. The van der Waals surface area contributed by atoms with Crippen molar-refractivity contribution in [3.8, 4) is 0 Å². The molecule has 0 heterocycles. The summed E-state index contributed by atoms with van der Waals surface area (Å²) in [5.41, 5.74) is 0.306. The third kappa shape index (κ3) is 3.71. The molecule has 1 amide bonds. The first kappa shape index (κ1) is 12.8. The van der Waals surface area contributed by atoms with E-state index in [9.17, 15) is 13.2 Å². The molecule has 0 aliphatic heterocycles. The molecule has 88 valence electrons. The Morgan fingerprint density at radius 1 is 1.50 bits per heavy atom. The predicted octanol–water partition coefficient (Wildman–Crippen LogP) is 2.18. The van der Waals surface area contributed by atoms with E-state index in [0.29, 0.717) is 5.69 Å². The topological polar surface area (TPSA) is 72.5 Å². The Bertz CT molecular complexity index is 486. The van der Waals surface area contributed by atoms with Gasteiger partial charge in [-0.15, -0.1) is 0 Å². The molecule has 1 N–H and O–H groups in total. The van der Waals surface area contributed by atoms with Gasteiger partial charge in [0.2, 0.25) is 0 Å². The molecule has 5 nitrogen and oxygen atoms in total. The Morgan fingerprint density at radius 3 is 2.75 bits per heavy atom. The highest BCUT2D eigenvalue weighted by Gasteiger charge is 2.11. The van der Waals surface area contributed by atoms with E-state index in [0.717, 1.165) is 0 Å². The molecule has 0 bridgehead atoms. The van der Waals surface area contributed by atoms with Crippen LogP contribution in [0.2, 0.25) is 0 Å². The van der Waals surface area contributed by atoms with Crippen LogP contribution in [0, 0.1) is 0 Å². The van der Waals surface area contributed by atoms with Crippen LogP contribution in [0.15, 0.2) is 29.2 Å². The van der Waals surface area contributed by atoms with Gasteiger partial charge in [-0.25, -0.2) is 13.2 Å². The molecule has 1 rings (SSSR count). The number of benzene rings is 1. The lowest BCUT2D eigenvalue weighted by atomic mass is 10.3. The van der Waals surface area contributed by atoms with Gasteiger partial charge in [0.05, 0.1) is 11.5 Å². The smallest absolute Gasteiger partial charge is 0.411 e. The first-order valence-electron chi connectivity index (χ1n) is 4.42. The molecule has 7 heteroatoms. The maximum atomic E-state index is 11.1. The second-order valence-corrected chi connectivity index (χ2v) is 5.38. The Kier molecular flexibility index (Phi) is 4.14. The summed E-state index contributed by atoms with van der Waals surface area (Å²) in [6.07, 6.45) is -0.647. The lowest BCUT2D eigenvalue weighted by molar-refractivity contribution is 0.168. The summed E-state index contributed by atoms with van der Waals surface area (Å²) in [6.45, 7) is 1.90. The molecular formula is C9H10ClNO4S. The maximum absolute atomic E-state index is 11.1. The number of anilines is 1. The van der Waals surface area contributed by atoms with Crippen LogP contribution in [0.1, 0.15) is 6.92 Å². The summed E-state index contributed by atoms with van der Waals surface area (Å²) in [5, 5.41) is 2.37. The van der Waals surface area contributed by atoms with Crippen molar-refractivity contribution in [2.75, 3.05) is 11.9 Å². The third-order valence-electron chi connectivity index (χ3n) is 1.64. The summed E-state index contributed by atoms with van der Waals surface area (Å²) in [4.78, 5) is 11.0. The van der Waals surface area contributed by atoms with Gasteiger partial charge in [0.15, 0.2) is 0 Å². The SMILES string of the molecule is CCOC(=O)Nc1cccc(S(=O)(=O)Cl)c1. The molecule has 1 aromatic carbocycles. The van der Waals surface area contributed by atoms with Gasteiger partial charge in [0.25, 0.3) is 9.05 Å². The normalized spacial score (nSPS) is 10.9. The number of amides is 1. The molecule has 0 unspecified atom stereocenters. The molecule has 0 aliphatic rings. The summed E-state index contributed by atoms with van der Waals surface area (Å²) in [7, 11) is 1.36. The molecule has 0 spiro atoms. The quantitative estimate of drug-likeness (QED) is 0.849. The number of ether oxygens (including phenoxy) is 1. The number of halogens is 1. The molecule has 0 fully saturated rings. The molecule has 0 aliphatic carbocycles. The minimum Gasteiger partial charge on any atom is -0.450 e. The molecule has 0 saturated carbocycles. The molecule has 0 atom stereocenters. The molecule has 16 heavy (non-hydrogen) atoms. The van der Waals surface area contributed by atoms with Gasteiger partial charge in [-0.1, -0.05) is 6.07 Å². The fraction of sp³-hybridized carbons (Fsp3) is 0.222. The van der Waals surface area contributed by atoms with E-state index in [-0.39, 0.29) is 11.5 Å². The van der Waals surface area contributed by atoms with E-state index >= 15 is 0 Å². The number of carbonyl (C=O) groups excluding carboxylic acids is 1. The lowest BCUT2D eigenvalue weighted by Crippen LogP contribution is -2.13. The van der Waals surface area contributed by atoms with Crippen molar-refractivity contribution in [2.45, 2.75) is 11.8 Å². The fourth-order valence-corrected chi connectivity index (χ4v) is 1.81. The van der Waals surface area contributed by atoms with E-state index in [4.69, 9.17) is 10.7 Å². The Morgan fingerprint density at radius 2 is 2.19 bits per heavy atom. The van der Waals surface area contributed by atoms with Gasteiger partial charge in [-0.05, 0) is 25.1 Å². The Hall–Kier alpha value is -1.27. The first-order valence-corrected chi connectivity index (χ1v) is 6.73. The number of rotatable bonds is 3. The summed E-state index contributed by atoms with van der Waals surface area (Å²) >= 11 is 0. The summed E-state index contributed by atoms with van der Waals surface area (Å²) < 4.78 is 26.7. The summed E-state index contributed by atoms with van der Waals surface area (Å²) in [6, 6.07) is 5.58. The maximum Gasteiger partial charge on any atom is 0.411 e. The van der Waals surface area contributed by atoms with Crippen molar-refractivity contribution < 1.29 is 17.9 Å². The Labute approximate surface area is 97.8 Å². The van der Waals surface area contributed by atoms with Crippen LogP contribution in [-0.2, 0) is 13.8 Å². The second kappa shape index (κ2) is 5.18. The molecule has 0 saturated heterocycles. The van der Waals surface area contributed by atoms with Crippen molar-refractivity contribution in [3.05, 3.63) is 24.3 Å². The minimum absolute atomic E-state index is 0.0801. The zero-order valence-corrected chi connectivity index (χ0v) is 10.0.